The molecule has 1 N–H and O–H groups in total. The van der Waals surface area contributed by atoms with Gasteiger partial charge in [-0.15, -0.1) is 0 Å². The number of methoxy groups -OCH3 is 1. The Bertz CT molecular complexity index is 1540. The van der Waals surface area contributed by atoms with E-state index in [4.69, 9.17) is 32.4 Å². The van der Waals surface area contributed by atoms with E-state index in [0.717, 1.165) is 5.56 Å². The number of Topliss-reactive ketones (excluding diaryl/α,β-unsaturated/α-hetero) is 1. The molecule has 35 heavy (non-hydrogen) atoms. The first kappa shape index (κ1) is 23.0. The summed E-state index contributed by atoms with van der Waals surface area (Å²) in [6.45, 7) is 1.91. The molecule has 0 radical (unpaired) electrons. The number of benzene rings is 3. The van der Waals surface area contributed by atoms with Gasteiger partial charge in [-0.1, -0.05) is 53.0 Å². The monoisotopic (exact) mass is 507 g/mol. The van der Waals surface area contributed by atoms with Gasteiger partial charge in [-0.25, -0.2) is 0 Å². The summed E-state index contributed by atoms with van der Waals surface area (Å²) in [5, 5.41) is 12.4. The Morgan fingerprint density at radius 1 is 1.06 bits per heavy atom. The summed E-state index contributed by atoms with van der Waals surface area (Å²) in [6.07, 6.45) is 0. The van der Waals surface area contributed by atoms with E-state index in [-0.39, 0.29) is 16.4 Å². The molecule has 1 unspecified atom stereocenters. The largest absolute Gasteiger partial charge is 0.503 e. The number of amides is 1. The standard InChI is InChI=1S/C27H19Cl2NO5/c1-14-4-3-5-15(10-14)24-23(25(31)22-12-16-11-17(28)6-8-20(16)35-22)26(32)27(33)30(24)18-7-9-21(34-2)19(29)13-18/h3-13,24,32H,1-2H3. The molecule has 4 aromatic rings. The van der Waals surface area contributed by atoms with E-state index in [2.05, 4.69) is 0 Å². The van der Waals surface area contributed by atoms with E-state index in [1.807, 2.05) is 25.1 Å². The summed E-state index contributed by atoms with van der Waals surface area (Å²) in [4.78, 5) is 28.4. The maximum absolute atomic E-state index is 13.7. The van der Waals surface area contributed by atoms with Crippen LogP contribution in [0.3, 0.4) is 0 Å². The van der Waals surface area contributed by atoms with Gasteiger partial charge in [-0.05, 0) is 55.0 Å². The van der Waals surface area contributed by atoms with Gasteiger partial charge in [-0.3, -0.25) is 14.5 Å². The van der Waals surface area contributed by atoms with E-state index >= 15 is 0 Å². The van der Waals surface area contributed by atoms with E-state index in [1.165, 1.54) is 12.0 Å². The molecule has 1 aliphatic rings. The van der Waals surface area contributed by atoms with Crippen molar-refractivity contribution in [2.75, 3.05) is 12.0 Å². The van der Waals surface area contributed by atoms with Gasteiger partial charge >= 0.3 is 0 Å². The quantitative estimate of drug-likeness (QED) is 0.299. The molecule has 1 aliphatic heterocycles. The summed E-state index contributed by atoms with van der Waals surface area (Å²) >= 11 is 12.4. The Hall–Kier alpha value is -3.74. The molecule has 8 heteroatoms. The Morgan fingerprint density at radius 2 is 1.86 bits per heavy atom. The number of hydrogen-bond acceptors (Lipinski definition) is 5. The zero-order valence-electron chi connectivity index (χ0n) is 18.7. The Labute approximate surface area is 210 Å². The van der Waals surface area contributed by atoms with Crippen LogP contribution in [0.15, 0.2) is 82.5 Å². The van der Waals surface area contributed by atoms with E-state index in [0.29, 0.717) is 33.0 Å². The van der Waals surface area contributed by atoms with Crippen LogP contribution in [0.5, 0.6) is 5.75 Å². The highest BCUT2D eigenvalue weighted by atomic mass is 35.5. The highest BCUT2D eigenvalue weighted by Crippen LogP contribution is 2.44. The number of aryl methyl sites for hydroxylation is 1. The van der Waals surface area contributed by atoms with Gasteiger partial charge in [0.1, 0.15) is 11.3 Å². The van der Waals surface area contributed by atoms with Crippen LogP contribution in [-0.4, -0.2) is 23.9 Å². The minimum absolute atomic E-state index is 0.0103. The number of carbonyl (C=O) groups excluding carboxylic acids is 2. The third kappa shape index (κ3) is 3.95. The van der Waals surface area contributed by atoms with Crippen LogP contribution >= 0.6 is 23.2 Å². The molecular weight excluding hydrogens is 489 g/mol. The number of carbonyl (C=O) groups is 2. The molecule has 0 fully saturated rings. The average Bonchev–Trinajstić information content (AvgIpc) is 3.37. The van der Waals surface area contributed by atoms with Crippen LogP contribution in [0.1, 0.15) is 27.7 Å². The van der Waals surface area contributed by atoms with Gasteiger partial charge in [-0.2, -0.15) is 0 Å². The summed E-state index contributed by atoms with van der Waals surface area (Å²) in [5.41, 5.74) is 2.36. The zero-order valence-corrected chi connectivity index (χ0v) is 20.2. The Kier molecular flexibility index (Phi) is 5.79. The van der Waals surface area contributed by atoms with Crippen molar-refractivity contribution in [1.29, 1.82) is 0 Å². The molecule has 0 saturated heterocycles. The van der Waals surface area contributed by atoms with Crippen molar-refractivity contribution >= 4 is 51.5 Å². The second-order valence-corrected chi connectivity index (χ2v) is 9.04. The maximum Gasteiger partial charge on any atom is 0.294 e. The molecule has 0 aliphatic carbocycles. The Balaban J connectivity index is 1.66. The first-order chi connectivity index (χ1) is 16.8. The molecule has 6 nitrogen and oxygen atoms in total. The molecule has 1 aromatic heterocycles. The SMILES string of the molecule is COc1ccc(N2C(=O)C(O)=C(C(=O)c3cc4cc(Cl)ccc4o3)C2c2cccc(C)c2)cc1Cl. The summed E-state index contributed by atoms with van der Waals surface area (Å²) in [7, 11) is 1.49. The van der Waals surface area contributed by atoms with Crippen molar-refractivity contribution in [2.24, 2.45) is 0 Å². The number of ether oxygens (including phenoxy) is 1. The summed E-state index contributed by atoms with van der Waals surface area (Å²) < 4.78 is 11.0. The van der Waals surface area contributed by atoms with E-state index in [1.54, 1.807) is 48.5 Å². The van der Waals surface area contributed by atoms with Crippen molar-refractivity contribution in [2.45, 2.75) is 13.0 Å². The third-order valence-electron chi connectivity index (χ3n) is 5.93. The number of hydrogen-bond donors (Lipinski definition) is 1. The van der Waals surface area contributed by atoms with Crippen LogP contribution in [-0.2, 0) is 4.79 Å². The molecular formula is C27H19Cl2NO5. The lowest BCUT2D eigenvalue weighted by Crippen LogP contribution is -2.31. The van der Waals surface area contributed by atoms with Crippen molar-refractivity contribution in [1.82, 2.24) is 0 Å². The van der Waals surface area contributed by atoms with Gasteiger partial charge in [0.05, 0.1) is 23.7 Å². The lowest BCUT2D eigenvalue weighted by molar-refractivity contribution is -0.117. The predicted octanol–water partition coefficient (Wildman–Crippen LogP) is 6.84. The fourth-order valence-electron chi connectivity index (χ4n) is 4.32. The van der Waals surface area contributed by atoms with Gasteiger partial charge in [0.15, 0.2) is 11.5 Å². The smallest absolute Gasteiger partial charge is 0.294 e. The van der Waals surface area contributed by atoms with Crippen LogP contribution in [0.2, 0.25) is 10.0 Å². The molecule has 0 saturated carbocycles. The van der Waals surface area contributed by atoms with Crippen LogP contribution < -0.4 is 9.64 Å². The highest BCUT2D eigenvalue weighted by Gasteiger charge is 2.45. The second kappa shape index (κ2) is 8.80. The number of aliphatic hydroxyl groups is 1. The highest BCUT2D eigenvalue weighted by molar-refractivity contribution is 6.32. The molecule has 0 spiro atoms. The molecule has 1 atom stereocenters. The third-order valence-corrected chi connectivity index (χ3v) is 6.46. The molecule has 1 amide bonds. The molecule has 2 heterocycles. The summed E-state index contributed by atoms with van der Waals surface area (Å²) in [6, 6.07) is 17.9. The lowest BCUT2D eigenvalue weighted by Gasteiger charge is -2.27. The number of nitrogens with zero attached hydrogens (tertiary/aromatic N) is 1. The van der Waals surface area contributed by atoms with Crippen molar-refractivity contribution in [3.63, 3.8) is 0 Å². The number of fused-ring (bicyclic) bond motifs is 1. The molecule has 3 aromatic carbocycles. The number of aliphatic hydroxyl groups excluding tert-OH is 1. The van der Waals surface area contributed by atoms with Gasteiger partial charge in [0.25, 0.3) is 5.91 Å². The minimum Gasteiger partial charge on any atom is -0.503 e. The number of ketones is 1. The first-order valence-electron chi connectivity index (χ1n) is 10.7. The number of halogens is 2. The van der Waals surface area contributed by atoms with E-state index < -0.39 is 23.5 Å². The van der Waals surface area contributed by atoms with Crippen molar-refractivity contribution < 1.29 is 23.8 Å². The second-order valence-electron chi connectivity index (χ2n) is 8.19. The average molecular weight is 508 g/mol. The van der Waals surface area contributed by atoms with E-state index in [9.17, 15) is 14.7 Å². The van der Waals surface area contributed by atoms with Gasteiger partial charge in [0, 0.05) is 16.1 Å². The predicted molar refractivity (Wildman–Crippen MR) is 135 cm³/mol. The number of rotatable bonds is 5. The Morgan fingerprint density at radius 3 is 2.57 bits per heavy atom. The fraction of sp³-hybridized carbons (Fsp3) is 0.111. The molecule has 176 valence electrons. The van der Waals surface area contributed by atoms with Crippen LogP contribution in [0, 0.1) is 6.92 Å². The van der Waals surface area contributed by atoms with Gasteiger partial charge < -0.3 is 14.3 Å². The minimum atomic E-state index is -0.906. The first-order valence-corrected chi connectivity index (χ1v) is 11.4. The van der Waals surface area contributed by atoms with Crippen LogP contribution in [0.4, 0.5) is 5.69 Å². The van der Waals surface area contributed by atoms with Crippen LogP contribution in [0.25, 0.3) is 11.0 Å². The lowest BCUT2D eigenvalue weighted by atomic mass is 9.94. The number of furan rings is 1. The molecule has 0 bridgehead atoms. The summed E-state index contributed by atoms with van der Waals surface area (Å²) in [5.74, 6) is -1.54. The zero-order chi connectivity index (χ0) is 24.9. The van der Waals surface area contributed by atoms with Gasteiger partial charge in [0.2, 0.25) is 5.78 Å². The maximum atomic E-state index is 13.7. The van der Waals surface area contributed by atoms with Crippen molar-refractivity contribution in [3.05, 3.63) is 105 Å². The normalized spacial score (nSPS) is 15.8. The van der Waals surface area contributed by atoms with Crippen molar-refractivity contribution in [3.8, 4) is 5.75 Å². The topological polar surface area (TPSA) is 80.0 Å². The molecule has 5 rings (SSSR count). The number of anilines is 1. The fourth-order valence-corrected chi connectivity index (χ4v) is 4.76.